The number of anilines is 1. The molecule has 1 heterocycles. The summed E-state index contributed by atoms with van der Waals surface area (Å²) in [5.41, 5.74) is 0. The predicted octanol–water partition coefficient (Wildman–Crippen LogP) is 2.51. The Morgan fingerprint density at radius 2 is 2.43 bits per heavy atom. The highest BCUT2D eigenvalue weighted by molar-refractivity contribution is 5.25. The van der Waals surface area contributed by atoms with Crippen LogP contribution in [-0.2, 0) is 6.54 Å². The Morgan fingerprint density at radius 1 is 1.57 bits per heavy atom. The number of aromatic nitrogens is 2. The van der Waals surface area contributed by atoms with E-state index in [0.717, 1.165) is 25.0 Å². The van der Waals surface area contributed by atoms with Gasteiger partial charge in [-0.15, -0.1) is 0 Å². The van der Waals surface area contributed by atoms with E-state index in [2.05, 4.69) is 28.0 Å². The molecule has 0 aromatic carbocycles. The maximum Gasteiger partial charge on any atom is 0.202 e. The number of nitrogens with one attached hydrogen (secondary N) is 1. The first kappa shape index (κ1) is 9.56. The van der Waals surface area contributed by atoms with Gasteiger partial charge in [-0.2, -0.15) is 0 Å². The van der Waals surface area contributed by atoms with E-state index < -0.39 is 0 Å². The van der Waals surface area contributed by atoms with Gasteiger partial charge in [0.05, 0.1) is 0 Å². The Morgan fingerprint density at radius 3 is 3.14 bits per heavy atom. The molecule has 14 heavy (non-hydrogen) atoms. The number of aryl methyl sites for hydroxylation is 1. The second-order valence-corrected chi connectivity index (χ2v) is 4.06. The molecule has 2 rings (SSSR count). The molecule has 1 saturated carbocycles. The number of nitrogens with zero attached hydrogens (tertiary/aromatic N) is 2. The number of rotatable bonds is 6. The summed E-state index contributed by atoms with van der Waals surface area (Å²) < 4.78 is 2.21. The predicted molar refractivity (Wildman–Crippen MR) is 58.3 cm³/mol. The van der Waals surface area contributed by atoms with E-state index in [-0.39, 0.29) is 0 Å². The Bertz CT molecular complexity index is 276. The van der Waals surface area contributed by atoms with Gasteiger partial charge in [0, 0.05) is 25.5 Å². The van der Waals surface area contributed by atoms with Crippen LogP contribution in [0.5, 0.6) is 0 Å². The smallest absolute Gasteiger partial charge is 0.202 e. The fourth-order valence-electron chi connectivity index (χ4n) is 1.77. The van der Waals surface area contributed by atoms with E-state index >= 15 is 0 Å². The van der Waals surface area contributed by atoms with E-state index in [1.54, 1.807) is 0 Å². The third-order valence-electron chi connectivity index (χ3n) is 2.76. The Labute approximate surface area is 85.5 Å². The van der Waals surface area contributed by atoms with E-state index in [1.807, 2.05) is 6.20 Å². The van der Waals surface area contributed by atoms with Crippen LogP contribution >= 0.6 is 0 Å². The van der Waals surface area contributed by atoms with Crippen molar-refractivity contribution in [3.05, 3.63) is 12.4 Å². The molecule has 3 heteroatoms. The van der Waals surface area contributed by atoms with Crippen LogP contribution in [0.2, 0.25) is 0 Å². The lowest BCUT2D eigenvalue weighted by atomic mass is 10.2. The number of imidazole rings is 1. The van der Waals surface area contributed by atoms with Gasteiger partial charge in [0.15, 0.2) is 0 Å². The van der Waals surface area contributed by atoms with Crippen molar-refractivity contribution in [2.24, 2.45) is 5.92 Å². The standard InChI is InChI=1S/C11H19N3/c1-2-12-11-13-7-9-14(11)8-3-4-10-5-6-10/h7,9-10H,2-6,8H2,1H3,(H,12,13). The molecule has 0 aliphatic heterocycles. The quantitative estimate of drug-likeness (QED) is 0.752. The van der Waals surface area contributed by atoms with Crippen molar-refractivity contribution in [2.45, 2.75) is 39.2 Å². The van der Waals surface area contributed by atoms with E-state index in [1.165, 1.54) is 25.7 Å². The van der Waals surface area contributed by atoms with E-state index in [9.17, 15) is 0 Å². The van der Waals surface area contributed by atoms with Crippen LogP contribution in [0.4, 0.5) is 5.95 Å². The third kappa shape index (κ3) is 2.50. The zero-order chi connectivity index (χ0) is 9.80. The molecule has 0 bridgehead atoms. The van der Waals surface area contributed by atoms with Crippen LogP contribution < -0.4 is 5.32 Å². The molecular weight excluding hydrogens is 174 g/mol. The normalized spacial score (nSPS) is 15.8. The average molecular weight is 193 g/mol. The minimum Gasteiger partial charge on any atom is -0.356 e. The summed E-state index contributed by atoms with van der Waals surface area (Å²) >= 11 is 0. The maximum atomic E-state index is 4.27. The topological polar surface area (TPSA) is 29.9 Å². The van der Waals surface area contributed by atoms with Crippen LogP contribution in [0.15, 0.2) is 12.4 Å². The molecule has 0 saturated heterocycles. The van der Waals surface area contributed by atoms with Gasteiger partial charge in [-0.1, -0.05) is 12.8 Å². The molecule has 0 amide bonds. The number of hydrogen-bond donors (Lipinski definition) is 1. The molecule has 1 aromatic heterocycles. The van der Waals surface area contributed by atoms with Crippen molar-refractivity contribution in [3.63, 3.8) is 0 Å². The fraction of sp³-hybridized carbons (Fsp3) is 0.727. The monoisotopic (exact) mass is 193 g/mol. The summed E-state index contributed by atoms with van der Waals surface area (Å²) in [5.74, 6) is 2.06. The first-order valence-corrected chi connectivity index (χ1v) is 5.65. The van der Waals surface area contributed by atoms with Gasteiger partial charge in [-0.3, -0.25) is 0 Å². The third-order valence-corrected chi connectivity index (χ3v) is 2.76. The second kappa shape index (κ2) is 4.49. The van der Waals surface area contributed by atoms with E-state index in [0.29, 0.717) is 0 Å². The highest BCUT2D eigenvalue weighted by atomic mass is 15.2. The number of hydrogen-bond acceptors (Lipinski definition) is 2. The SMILES string of the molecule is CCNc1nccn1CCCC1CC1. The molecule has 3 nitrogen and oxygen atoms in total. The summed E-state index contributed by atoms with van der Waals surface area (Å²) in [6.45, 7) is 4.15. The molecule has 0 unspecified atom stereocenters. The molecule has 78 valence electrons. The van der Waals surface area contributed by atoms with E-state index in [4.69, 9.17) is 0 Å². The lowest BCUT2D eigenvalue weighted by molar-refractivity contribution is 0.580. The zero-order valence-electron chi connectivity index (χ0n) is 8.87. The van der Waals surface area contributed by atoms with Gasteiger partial charge in [0.1, 0.15) is 0 Å². The summed E-state index contributed by atoms with van der Waals surface area (Å²) in [6, 6.07) is 0. The van der Waals surface area contributed by atoms with Gasteiger partial charge in [0.25, 0.3) is 0 Å². The van der Waals surface area contributed by atoms with Gasteiger partial charge in [0.2, 0.25) is 5.95 Å². The summed E-state index contributed by atoms with van der Waals surface area (Å²) in [5, 5.41) is 3.26. The molecule has 0 spiro atoms. The Hall–Kier alpha value is -0.990. The van der Waals surface area contributed by atoms with Crippen molar-refractivity contribution in [1.82, 2.24) is 9.55 Å². The van der Waals surface area contributed by atoms with Crippen molar-refractivity contribution in [2.75, 3.05) is 11.9 Å². The molecule has 1 aliphatic rings. The van der Waals surface area contributed by atoms with Crippen molar-refractivity contribution < 1.29 is 0 Å². The lowest BCUT2D eigenvalue weighted by Gasteiger charge is -2.07. The van der Waals surface area contributed by atoms with Gasteiger partial charge in [-0.05, 0) is 25.7 Å². The van der Waals surface area contributed by atoms with Crippen LogP contribution in [0.1, 0.15) is 32.6 Å². The molecule has 1 aromatic rings. The molecular formula is C11H19N3. The van der Waals surface area contributed by atoms with Crippen molar-refractivity contribution in [1.29, 1.82) is 0 Å². The van der Waals surface area contributed by atoms with Gasteiger partial charge in [-0.25, -0.2) is 4.98 Å². The van der Waals surface area contributed by atoms with Crippen molar-refractivity contribution in [3.8, 4) is 0 Å². The van der Waals surface area contributed by atoms with Gasteiger partial charge < -0.3 is 9.88 Å². The average Bonchev–Trinajstić information content (AvgIpc) is 2.89. The van der Waals surface area contributed by atoms with Crippen LogP contribution in [0, 0.1) is 5.92 Å². The first-order valence-electron chi connectivity index (χ1n) is 5.65. The molecule has 1 aliphatic carbocycles. The summed E-state index contributed by atoms with van der Waals surface area (Å²) in [7, 11) is 0. The minimum absolute atomic E-state index is 0.944. The highest BCUT2D eigenvalue weighted by Gasteiger charge is 2.20. The fourth-order valence-corrected chi connectivity index (χ4v) is 1.77. The Balaban J connectivity index is 1.78. The molecule has 0 radical (unpaired) electrons. The summed E-state index contributed by atoms with van der Waals surface area (Å²) in [4.78, 5) is 4.27. The second-order valence-electron chi connectivity index (χ2n) is 4.06. The molecule has 1 fully saturated rings. The maximum absolute atomic E-state index is 4.27. The van der Waals surface area contributed by atoms with Crippen LogP contribution in [0.3, 0.4) is 0 Å². The summed E-state index contributed by atoms with van der Waals surface area (Å²) in [6.07, 6.45) is 9.54. The van der Waals surface area contributed by atoms with Gasteiger partial charge >= 0.3 is 0 Å². The van der Waals surface area contributed by atoms with Crippen LogP contribution in [-0.4, -0.2) is 16.1 Å². The minimum atomic E-state index is 0.944. The Kier molecular flexibility index (Phi) is 3.07. The van der Waals surface area contributed by atoms with Crippen LogP contribution in [0.25, 0.3) is 0 Å². The van der Waals surface area contributed by atoms with Crippen molar-refractivity contribution >= 4 is 5.95 Å². The largest absolute Gasteiger partial charge is 0.356 e. The zero-order valence-corrected chi connectivity index (χ0v) is 8.87. The lowest BCUT2D eigenvalue weighted by Crippen LogP contribution is -2.06. The first-order chi connectivity index (χ1) is 6.90. The highest BCUT2D eigenvalue weighted by Crippen LogP contribution is 2.33. The molecule has 1 N–H and O–H groups in total. The molecule has 0 atom stereocenters.